The van der Waals surface area contributed by atoms with Gasteiger partial charge in [0.05, 0.1) is 10.6 Å². The van der Waals surface area contributed by atoms with Crippen molar-refractivity contribution in [3.63, 3.8) is 0 Å². The van der Waals surface area contributed by atoms with Crippen molar-refractivity contribution in [1.29, 1.82) is 0 Å². The van der Waals surface area contributed by atoms with E-state index < -0.39 is 33.3 Å². The van der Waals surface area contributed by atoms with Crippen LogP contribution < -0.4 is 21.1 Å². The molecule has 0 unspecified atom stereocenters. The molecule has 0 saturated carbocycles. The number of likely N-dealkylation sites (tertiary alicyclic amines) is 1. The first kappa shape index (κ1) is 29.0. The summed E-state index contributed by atoms with van der Waals surface area (Å²) < 4.78 is 39.2. The number of piperidine rings is 1. The lowest BCUT2D eigenvalue weighted by molar-refractivity contribution is -0.133. The summed E-state index contributed by atoms with van der Waals surface area (Å²) in [6.07, 6.45) is 0.182. The van der Waals surface area contributed by atoms with Crippen molar-refractivity contribution in [2.24, 2.45) is 5.14 Å². The molecular formula is C27H27ClFN5O5S. The number of rotatable bonds is 6. The van der Waals surface area contributed by atoms with Gasteiger partial charge in [0.25, 0.3) is 0 Å². The van der Waals surface area contributed by atoms with Crippen molar-refractivity contribution in [2.45, 2.75) is 30.2 Å². The molecule has 4 rings (SSSR count). The van der Waals surface area contributed by atoms with Gasteiger partial charge in [-0.25, -0.2) is 22.7 Å². The van der Waals surface area contributed by atoms with Gasteiger partial charge in [-0.3, -0.25) is 9.59 Å². The summed E-state index contributed by atoms with van der Waals surface area (Å²) >= 11 is 5.89. The van der Waals surface area contributed by atoms with Gasteiger partial charge >= 0.3 is 6.03 Å². The first-order valence-electron chi connectivity index (χ1n) is 12.2. The molecule has 4 amide bonds. The Morgan fingerprint density at radius 3 is 2.23 bits per heavy atom. The van der Waals surface area contributed by atoms with E-state index in [0.717, 1.165) is 6.07 Å². The normalized spacial score (nSPS) is 14.8. The molecule has 0 aliphatic carbocycles. The average molecular weight is 588 g/mol. The molecular weight excluding hydrogens is 561 g/mol. The van der Waals surface area contributed by atoms with E-state index >= 15 is 4.39 Å². The van der Waals surface area contributed by atoms with Crippen LogP contribution in [0, 0.1) is 5.82 Å². The third-order valence-corrected chi connectivity index (χ3v) is 7.89. The zero-order chi connectivity index (χ0) is 29.1. The lowest BCUT2D eigenvalue weighted by atomic mass is 9.86. The quantitative estimate of drug-likeness (QED) is 0.344. The second kappa shape index (κ2) is 11.6. The zero-order valence-corrected chi connectivity index (χ0v) is 23.0. The Kier molecular flexibility index (Phi) is 8.43. The highest BCUT2D eigenvalue weighted by Crippen LogP contribution is 2.31. The zero-order valence-electron chi connectivity index (χ0n) is 21.4. The Morgan fingerprint density at radius 2 is 1.62 bits per heavy atom. The lowest BCUT2D eigenvalue weighted by Gasteiger charge is -2.40. The van der Waals surface area contributed by atoms with Gasteiger partial charge in [0.15, 0.2) is 0 Å². The lowest BCUT2D eigenvalue weighted by Crippen LogP contribution is -2.62. The maximum absolute atomic E-state index is 15.2. The van der Waals surface area contributed by atoms with E-state index in [1.807, 2.05) is 0 Å². The minimum atomic E-state index is -4.07. The number of nitrogens with two attached hydrogens (primary N) is 1. The number of sulfonamides is 1. The van der Waals surface area contributed by atoms with E-state index in [1.165, 1.54) is 37.3 Å². The highest BCUT2D eigenvalue weighted by atomic mass is 35.5. The van der Waals surface area contributed by atoms with E-state index in [4.69, 9.17) is 16.7 Å². The van der Waals surface area contributed by atoms with Crippen LogP contribution in [0.4, 0.5) is 20.6 Å². The fraction of sp³-hybridized carbons (Fsp3) is 0.222. The van der Waals surface area contributed by atoms with Crippen LogP contribution in [0.25, 0.3) is 11.1 Å². The third kappa shape index (κ3) is 6.58. The van der Waals surface area contributed by atoms with Crippen LogP contribution in [0.2, 0.25) is 5.02 Å². The number of amides is 4. The van der Waals surface area contributed by atoms with E-state index in [2.05, 4.69) is 16.0 Å². The van der Waals surface area contributed by atoms with Gasteiger partial charge in [-0.05, 0) is 60.9 Å². The largest absolute Gasteiger partial charge is 0.343 e. The molecule has 0 radical (unpaired) electrons. The topological polar surface area (TPSA) is 151 Å². The molecule has 1 saturated heterocycles. The van der Waals surface area contributed by atoms with Crippen LogP contribution in [0.15, 0.2) is 71.6 Å². The number of nitrogens with one attached hydrogen (secondary N) is 3. The van der Waals surface area contributed by atoms with Gasteiger partial charge in [-0.1, -0.05) is 35.9 Å². The van der Waals surface area contributed by atoms with Gasteiger partial charge in [-0.15, -0.1) is 0 Å². The molecule has 5 N–H and O–H groups in total. The Balaban J connectivity index is 1.57. The smallest absolute Gasteiger partial charge is 0.320 e. The third-order valence-electron chi connectivity index (χ3n) is 6.67. The van der Waals surface area contributed by atoms with Gasteiger partial charge in [0.2, 0.25) is 21.8 Å². The summed E-state index contributed by atoms with van der Waals surface area (Å²) in [4.78, 5) is 39.7. The second-order valence-corrected chi connectivity index (χ2v) is 11.3. The molecule has 1 fully saturated rings. The van der Waals surface area contributed by atoms with Crippen LogP contribution in [0.5, 0.6) is 0 Å². The van der Waals surface area contributed by atoms with Gasteiger partial charge < -0.3 is 20.9 Å². The number of nitrogens with zero attached hydrogens (tertiary/aromatic N) is 1. The summed E-state index contributed by atoms with van der Waals surface area (Å²) in [5.41, 5.74) is -0.732. The number of urea groups is 1. The summed E-state index contributed by atoms with van der Waals surface area (Å²) in [5, 5.41) is 13.7. The number of hydrogen-bond donors (Lipinski definition) is 4. The highest BCUT2D eigenvalue weighted by molar-refractivity contribution is 7.89. The van der Waals surface area contributed by atoms with Crippen LogP contribution >= 0.6 is 11.6 Å². The van der Waals surface area contributed by atoms with E-state index in [-0.39, 0.29) is 53.5 Å². The van der Waals surface area contributed by atoms with Gasteiger partial charge in [-0.2, -0.15) is 0 Å². The number of halogens is 2. The molecule has 0 spiro atoms. The molecule has 10 nitrogen and oxygen atoms in total. The number of anilines is 2. The molecule has 0 bridgehead atoms. The number of hydrogen-bond acceptors (Lipinski definition) is 5. The molecule has 1 aliphatic rings. The minimum absolute atomic E-state index is 0.0912. The molecule has 210 valence electrons. The first-order chi connectivity index (χ1) is 18.9. The number of benzene rings is 3. The van der Waals surface area contributed by atoms with Crippen LogP contribution in [0.1, 0.15) is 19.8 Å². The standard InChI is InChI=1S/C27H27ClFN5O5S/c1-17(35)34-14-12-27(13-15-34,33-26(37)31-20-9-7-19(28)8-10-20)25(36)32-23-11-6-18(16-22(23)29)21-4-2-3-5-24(21)40(30,38)39/h2-11,16H,12-15H2,1H3,(H,32,36)(H2,30,38,39)(H2,31,33,37). The number of carbonyl (C=O) groups is 3. The summed E-state index contributed by atoms with van der Waals surface area (Å²) in [7, 11) is -4.07. The number of carbonyl (C=O) groups excluding carboxylic acids is 3. The van der Waals surface area contributed by atoms with Crippen molar-refractivity contribution in [2.75, 3.05) is 23.7 Å². The molecule has 40 heavy (non-hydrogen) atoms. The van der Waals surface area contributed by atoms with Crippen molar-refractivity contribution in [3.8, 4) is 11.1 Å². The van der Waals surface area contributed by atoms with Gasteiger partial charge in [0, 0.05) is 36.3 Å². The molecule has 3 aromatic rings. The SMILES string of the molecule is CC(=O)N1CCC(NC(=O)Nc2ccc(Cl)cc2)(C(=O)Nc2ccc(-c3ccccc3S(N)(=O)=O)cc2F)CC1. The molecule has 1 heterocycles. The molecule has 0 aromatic heterocycles. The van der Waals surface area contributed by atoms with E-state index in [0.29, 0.717) is 10.7 Å². The summed E-state index contributed by atoms with van der Waals surface area (Å²) in [6, 6.07) is 15.5. The van der Waals surface area contributed by atoms with E-state index in [9.17, 15) is 22.8 Å². The predicted molar refractivity (Wildman–Crippen MR) is 150 cm³/mol. The average Bonchev–Trinajstić information content (AvgIpc) is 2.91. The number of primary sulfonamides is 1. The second-order valence-electron chi connectivity index (χ2n) is 9.36. The van der Waals surface area contributed by atoms with Crippen molar-refractivity contribution >= 4 is 50.8 Å². The maximum Gasteiger partial charge on any atom is 0.320 e. The fourth-order valence-corrected chi connectivity index (χ4v) is 5.39. The van der Waals surface area contributed by atoms with Crippen molar-refractivity contribution in [1.82, 2.24) is 10.2 Å². The fourth-order valence-electron chi connectivity index (χ4n) is 4.50. The summed E-state index contributed by atoms with van der Waals surface area (Å²) in [6.45, 7) is 1.82. The maximum atomic E-state index is 15.2. The predicted octanol–water partition coefficient (Wildman–Crippen LogP) is 3.93. The van der Waals surface area contributed by atoms with Gasteiger partial charge in [0.1, 0.15) is 11.4 Å². The van der Waals surface area contributed by atoms with Crippen molar-refractivity contribution in [3.05, 3.63) is 77.6 Å². The van der Waals surface area contributed by atoms with Crippen LogP contribution in [0.3, 0.4) is 0 Å². The van der Waals surface area contributed by atoms with Crippen LogP contribution in [-0.4, -0.2) is 49.8 Å². The molecule has 3 aromatic carbocycles. The summed E-state index contributed by atoms with van der Waals surface area (Å²) in [5.74, 6) is -1.66. The Labute approximate surface area is 235 Å². The Hall–Kier alpha value is -4.00. The first-order valence-corrected chi connectivity index (χ1v) is 14.1. The molecule has 1 aliphatic heterocycles. The van der Waals surface area contributed by atoms with E-state index in [1.54, 1.807) is 35.2 Å². The Morgan fingerprint density at radius 1 is 0.975 bits per heavy atom. The van der Waals surface area contributed by atoms with Crippen molar-refractivity contribution < 1.29 is 27.2 Å². The highest BCUT2D eigenvalue weighted by Gasteiger charge is 2.43. The molecule has 0 atom stereocenters. The minimum Gasteiger partial charge on any atom is -0.343 e. The molecule has 13 heteroatoms. The monoisotopic (exact) mass is 587 g/mol. The van der Waals surface area contributed by atoms with Crippen LogP contribution in [-0.2, 0) is 19.6 Å². The Bertz CT molecular complexity index is 1560.